The van der Waals surface area contributed by atoms with Gasteiger partial charge in [-0.05, 0) is 50.2 Å². The number of carbonyl (C=O) groups excluding carboxylic acids is 2. The van der Waals surface area contributed by atoms with Gasteiger partial charge in [0.15, 0.2) is 0 Å². The number of benzene rings is 1. The second-order valence-electron chi connectivity index (χ2n) is 5.42. The number of urea groups is 1. The van der Waals surface area contributed by atoms with Crippen molar-refractivity contribution in [3.05, 3.63) is 47.5 Å². The van der Waals surface area contributed by atoms with Crippen LogP contribution in [0.15, 0.2) is 42.6 Å². The third-order valence-electron chi connectivity index (χ3n) is 3.59. The number of hydrogen-bond acceptors (Lipinski definition) is 6. The Bertz CT molecular complexity index is 953. The first-order valence-corrected chi connectivity index (χ1v) is 9.29. The average Bonchev–Trinajstić information content (AvgIpc) is 3.02. The normalized spacial score (nSPS) is 10.4. The Morgan fingerprint density at radius 2 is 1.85 bits per heavy atom. The Hall–Kier alpha value is -3.13. The van der Waals surface area contributed by atoms with E-state index in [9.17, 15) is 9.59 Å². The maximum Gasteiger partial charge on any atom is 0.350 e. The molecule has 8 heteroatoms. The fourth-order valence-corrected chi connectivity index (χ4v) is 3.47. The third kappa shape index (κ3) is 4.35. The molecule has 0 spiro atoms. The predicted octanol–water partition coefficient (Wildman–Crippen LogP) is 4.52. The maximum absolute atomic E-state index is 12.4. The first-order chi connectivity index (χ1) is 13.1. The number of nitrogens with one attached hydrogen (secondary N) is 2. The molecule has 27 heavy (non-hydrogen) atoms. The lowest BCUT2D eigenvalue weighted by atomic mass is 10.2. The minimum absolute atomic E-state index is 0.248. The number of nitrogens with zero attached hydrogens (tertiary/aromatic N) is 1. The Kier molecular flexibility index (Phi) is 5.87. The Morgan fingerprint density at radius 1 is 1.07 bits per heavy atom. The number of carbonyl (C=O) groups is 2. The monoisotopic (exact) mass is 385 g/mol. The summed E-state index contributed by atoms with van der Waals surface area (Å²) in [4.78, 5) is 29.9. The van der Waals surface area contributed by atoms with Gasteiger partial charge in [0, 0.05) is 17.3 Å². The van der Waals surface area contributed by atoms with Gasteiger partial charge in [0.25, 0.3) is 0 Å². The molecule has 0 saturated carbocycles. The van der Waals surface area contributed by atoms with E-state index in [2.05, 4.69) is 15.6 Å². The van der Waals surface area contributed by atoms with Crippen LogP contribution in [0.3, 0.4) is 0 Å². The van der Waals surface area contributed by atoms with Gasteiger partial charge in [-0.2, -0.15) is 0 Å². The molecule has 2 heterocycles. The van der Waals surface area contributed by atoms with Gasteiger partial charge in [-0.1, -0.05) is 0 Å². The lowest BCUT2D eigenvalue weighted by Gasteiger charge is -2.10. The van der Waals surface area contributed by atoms with E-state index in [0.717, 1.165) is 5.75 Å². The highest BCUT2D eigenvalue weighted by molar-refractivity contribution is 7.21. The van der Waals surface area contributed by atoms with E-state index >= 15 is 0 Å². The predicted molar refractivity (Wildman–Crippen MR) is 106 cm³/mol. The Balaban J connectivity index is 1.81. The van der Waals surface area contributed by atoms with Crippen LogP contribution in [-0.2, 0) is 4.74 Å². The summed E-state index contributed by atoms with van der Waals surface area (Å²) in [6.07, 6.45) is 1.64. The van der Waals surface area contributed by atoms with Gasteiger partial charge in [-0.25, -0.2) is 14.6 Å². The summed E-state index contributed by atoms with van der Waals surface area (Å²) in [7, 11) is 0. The van der Waals surface area contributed by atoms with Crippen molar-refractivity contribution in [2.45, 2.75) is 13.8 Å². The minimum atomic E-state index is -0.489. The molecule has 0 aliphatic rings. The highest BCUT2D eigenvalue weighted by Gasteiger charge is 2.21. The largest absolute Gasteiger partial charge is 0.494 e. The van der Waals surface area contributed by atoms with Crippen LogP contribution in [0.4, 0.5) is 16.2 Å². The van der Waals surface area contributed by atoms with Crippen molar-refractivity contribution in [1.82, 2.24) is 4.98 Å². The summed E-state index contributed by atoms with van der Waals surface area (Å²) < 4.78 is 10.5. The Morgan fingerprint density at radius 3 is 2.56 bits per heavy atom. The third-order valence-corrected chi connectivity index (χ3v) is 4.68. The summed E-state index contributed by atoms with van der Waals surface area (Å²) in [5.74, 6) is 0.236. The first kappa shape index (κ1) is 18.7. The van der Waals surface area contributed by atoms with Crippen LogP contribution in [0.1, 0.15) is 23.5 Å². The smallest absolute Gasteiger partial charge is 0.350 e. The fraction of sp³-hybridized carbons (Fsp3) is 0.211. The number of hydrogen-bond donors (Lipinski definition) is 2. The molecule has 0 bridgehead atoms. The molecule has 2 amide bonds. The van der Waals surface area contributed by atoms with Crippen LogP contribution in [0, 0.1) is 0 Å². The first-order valence-electron chi connectivity index (χ1n) is 8.47. The van der Waals surface area contributed by atoms with E-state index in [-0.39, 0.29) is 6.61 Å². The van der Waals surface area contributed by atoms with Crippen LogP contribution >= 0.6 is 11.3 Å². The number of aromatic nitrogens is 1. The van der Waals surface area contributed by atoms with Gasteiger partial charge in [0.1, 0.15) is 15.5 Å². The van der Waals surface area contributed by atoms with E-state index in [1.54, 1.807) is 49.5 Å². The molecule has 0 saturated heterocycles. The second kappa shape index (κ2) is 8.50. The molecule has 1 aromatic carbocycles. The SMILES string of the molecule is CCOC(=O)c1sc2ncccc2c1NC(=O)Nc1ccc(OCC)cc1. The van der Waals surface area contributed by atoms with E-state index in [1.807, 2.05) is 6.92 Å². The topological polar surface area (TPSA) is 89.5 Å². The zero-order chi connectivity index (χ0) is 19.2. The lowest BCUT2D eigenvalue weighted by Crippen LogP contribution is -2.20. The van der Waals surface area contributed by atoms with Crippen LogP contribution in [0.5, 0.6) is 5.75 Å². The average molecular weight is 385 g/mol. The summed E-state index contributed by atoms with van der Waals surface area (Å²) in [6, 6.07) is 10.1. The van der Waals surface area contributed by atoms with Crippen molar-refractivity contribution in [2.75, 3.05) is 23.8 Å². The van der Waals surface area contributed by atoms with Gasteiger partial charge in [0.2, 0.25) is 0 Å². The number of rotatable bonds is 6. The van der Waals surface area contributed by atoms with E-state index in [4.69, 9.17) is 9.47 Å². The van der Waals surface area contributed by atoms with Gasteiger partial charge < -0.3 is 20.1 Å². The zero-order valence-corrected chi connectivity index (χ0v) is 15.8. The van der Waals surface area contributed by atoms with Crippen LogP contribution in [0.2, 0.25) is 0 Å². The number of anilines is 2. The number of fused-ring (bicyclic) bond motifs is 1. The molecule has 0 fully saturated rings. The number of ether oxygens (including phenoxy) is 2. The van der Waals surface area contributed by atoms with Gasteiger partial charge in [-0.3, -0.25) is 0 Å². The quantitative estimate of drug-likeness (QED) is 0.609. The number of amides is 2. The van der Waals surface area contributed by atoms with E-state index in [0.29, 0.717) is 33.1 Å². The van der Waals surface area contributed by atoms with Crippen LogP contribution in [-0.4, -0.2) is 30.2 Å². The zero-order valence-electron chi connectivity index (χ0n) is 14.9. The maximum atomic E-state index is 12.4. The van der Waals surface area contributed by atoms with Crippen LogP contribution in [0.25, 0.3) is 10.2 Å². The molecule has 0 unspecified atom stereocenters. The van der Waals surface area contributed by atoms with Crippen molar-refractivity contribution in [3.63, 3.8) is 0 Å². The summed E-state index contributed by atoms with van der Waals surface area (Å²) >= 11 is 1.18. The van der Waals surface area contributed by atoms with Gasteiger partial charge in [0.05, 0.1) is 18.9 Å². The van der Waals surface area contributed by atoms with Crippen molar-refractivity contribution < 1.29 is 19.1 Å². The molecule has 0 aliphatic heterocycles. The standard InChI is InChI=1S/C19H19N3O4S/c1-3-25-13-9-7-12(8-10-13)21-19(24)22-15-14-6-5-11-20-17(14)27-16(15)18(23)26-4-2/h5-11H,3-4H2,1-2H3,(H2,21,22,24). The van der Waals surface area contributed by atoms with Crippen LogP contribution < -0.4 is 15.4 Å². The van der Waals surface area contributed by atoms with Gasteiger partial charge in [-0.15, -0.1) is 11.3 Å². The highest BCUT2D eigenvalue weighted by Crippen LogP contribution is 2.35. The molecule has 3 aromatic rings. The van der Waals surface area contributed by atoms with Gasteiger partial charge >= 0.3 is 12.0 Å². The molecule has 0 aliphatic carbocycles. The molecule has 0 radical (unpaired) electrons. The highest BCUT2D eigenvalue weighted by atomic mass is 32.1. The number of thiophene rings is 1. The number of esters is 1. The summed E-state index contributed by atoms with van der Waals surface area (Å²) in [5.41, 5.74) is 0.997. The molecule has 2 aromatic heterocycles. The van der Waals surface area contributed by atoms with Crippen molar-refractivity contribution in [1.29, 1.82) is 0 Å². The van der Waals surface area contributed by atoms with Crippen molar-refractivity contribution >= 4 is 44.9 Å². The fourth-order valence-electron chi connectivity index (χ4n) is 2.47. The minimum Gasteiger partial charge on any atom is -0.494 e. The van der Waals surface area contributed by atoms with Crippen molar-refractivity contribution in [2.24, 2.45) is 0 Å². The molecular formula is C19H19N3O4S. The van der Waals surface area contributed by atoms with E-state index < -0.39 is 12.0 Å². The molecule has 0 atom stereocenters. The lowest BCUT2D eigenvalue weighted by molar-refractivity contribution is 0.0533. The molecule has 3 rings (SSSR count). The number of pyridine rings is 1. The van der Waals surface area contributed by atoms with Crippen molar-refractivity contribution in [3.8, 4) is 5.75 Å². The molecular weight excluding hydrogens is 366 g/mol. The Labute approximate surface area is 160 Å². The molecule has 140 valence electrons. The second-order valence-corrected chi connectivity index (χ2v) is 6.42. The van der Waals surface area contributed by atoms with E-state index in [1.165, 1.54) is 11.3 Å². The molecule has 7 nitrogen and oxygen atoms in total. The summed E-state index contributed by atoms with van der Waals surface area (Å²) in [6.45, 7) is 4.46. The molecule has 2 N–H and O–H groups in total. The summed E-state index contributed by atoms with van der Waals surface area (Å²) in [5, 5.41) is 6.18.